The fourth-order valence-corrected chi connectivity index (χ4v) is 2.84. The summed E-state index contributed by atoms with van der Waals surface area (Å²) in [6.45, 7) is 2.68. The molecule has 5 heteroatoms. The molecule has 0 spiro atoms. The Bertz CT molecular complexity index is 1050. The van der Waals surface area contributed by atoms with Gasteiger partial charge in [-0.2, -0.15) is 5.26 Å². The first-order valence-corrected chi connectivity index (χ1v) is 9.67. The lowest BCUT2D eigenvalue weighted by molar-refractivity contribution is -0.112. The van der Waals surface area contributed by atoms with Gasteiger partial charge in [0.1, 0.15) is 23.1 Å². The molecule has 0 fully saturated rings. The second kappa shape index (κ2) is 10.5. The summed E-state index contributed by atoms with van der Waals surface area (Å²) < 4.78 is 5.73. The number of carbonyl (C=O) groups excluding carboxylic acids is 1. The van der Waals surface area contributed by atoms with Gasteiger partial charge in [-0.15, -0.1) is 0 Å². The molecule has 0 aliphatic heterocycles. The predicted octanol–water partition coefficient (Wildman–Crippen LogP) is 4.97. The zero-order valence-electron chi connectivity index (χ0n) is 16.8. The van der Waals surface area contributed by atoms with Crippen LogP contribution in [0.15, 0.2) is 90.6 Å². The molecule has 3 aromatic carbocycles. The van der Waals surface area contributed by atoms with Crippen LogP contribution in [0.3, 0.4) is 0 Å². The van der Waals surface area contributed by atoms with Crippen LogP contribution >= 0.6 is 0 Å². The van der Waals surface area contributed by atoms with Gasteiger partial charge in [0.15, 0.2) is 0 Å². The number of ether oxygens (including phenoxy) is 1. The highest BCUT2D eigenvalue weighted by atomic mass is 16.5. The van der Waals surface area contributed by atoms with Crippen molar-refractivity contribution in [1.82, 2.24) is 5.32 Å². The fraction of sp³-hybridized carbons (Fsp3) is 0.120. The Morgan fingerprint density at radius 1 is 1.00 bits per heavy atom. The minimum atomic E-state index is -0.461. The van der Waals surface area contributed by atoms with Crippen LogP contribution < -0.4 is 15.4 Å². The number of rotatable bonds is 8. The monoisotopic (exact) mass is 397 g/mol. The van der Waals surface area contributed by atoms with E-state index in [4.69, 9.17) is 4.74 Å². The van der Waals surface area contributed by atoms with Gasteiger partial charge < -0.3 is 15.4 Å². The van der Waals surface area contributed by atoms with Crippen molar-refractivity contribution in [2.24, 2.45) is 0 Å². The molecule has 0 aromatic heterocycles. The number of anilines is 1. The van der Waals surface area contributed by atoms with Crippen LogP contribution in [0.5, 0.6) is 11.5 Å². The van der Waals surface area contributed by atoms with E-state index < -0.39 is 5.91 Å². The van der Waals surface area contributed by atoms with E-state index in [1.54, 1.807) is 24.3 Å². The summed E-state index contributed by atoms with van der Waals surface area (Å²) in [4.78, 5) is 12.4. The summed E-state index contributed by atoms with van der Waals surface area (Å²) >= 11 is 0. The van der Waals surface area contributed by atoms with Gasteiger partial charge >= 0.3 is 0 Å². The first-order valence-electron chi connectivity index (χ1n) is 9.67. The number of nitriles is 1. The number of hydrogen-bond acceptors (Lipinski definition) is 4. The van der Waals surface area contributed by atoms with Crippen molar-refractivity contribution < 1.29 is 9.53 Å². The van der Waals surface area contributed by atoms with Crippen LogP contribution in [0.1, 0.15) is 11.1 Å². The second-order valence-corrected chi connectivity index (χ2v) is 6.76. The lowest BCUT2D eigenvalue weighted by atomic mass is 10.1. The van der Waals surface area contributed by atoms with Crippen molar-refractivity contribution in [3.05, 3.63) is 102 Å². The predicted molar refractivity (Wildman–Crippen MR) is 118 cm³/mol. The molecule has 30 heavy (non-hydrogen) atoms. The SMILES string of the molecule is Cc1cccc(CCN/C=C(/C#N)C(=O)Nc2ccc(Oc3ccccc3)cc2)c1. The van der Waals surface area contributed by atoms with Gasteiger partial charge in [-0.05, 0) is 55.3 Å². The molecule has 2 N–H and O–H groups in total. The van der Waals surface area contributed by atoms with E-state index in [0.717, 1.165) is 12.2 Å². The number of hydrogen-bond donors (Lipinski definition) is 2. The van der Waals surface area contributed by atoms with Crippen molar-refractivity contribution in [2.75, 3.05) is 11.9 Å². The van der Waals surface area contributed by atoms with Gasteiger partial charge in [-0.1, -0.05) is 48.0 Å². The Labute approximate surface area is 176 Å². The van der Waals surface area contributed by atoms with E-state index in [0.29, 0.717) is 18.0 Å². The molecular formula is C25H23N3O2. The molecule has 0 unspecified atom stereocenters. The second-order valence-electron chi connectivity index (χ2n) is 6.76. The van der Waals surface area contributed by atoms with Crippen LogP contribution in [-0.2, 0) is 11.2 Å². The number of para-hydroxylation sites is 1. The third-order valence-electron chi connectivity index (χ3n) is 4.34. The zero-order valence-corrected chi connectivity index (χ0v) is 16.8. The molecule has 0 saturated heterocycles. The average Bonchev–Trinajstić information content (AvgIpc) is 2.76. The molecule has 0 aliphatic carbocycles. The van der Waals surface area contributed by atoms with E-state index in [2.05, 4.69) is 35.8 Å². The van der Waals surface area contributed by atoms with Crippen LogP contribution in [0, 0.1) is 18.3 Å². The van der Waals surface area contributed by atoms with Gasteiger partial charge in [-0.25, -0.2) is 0 Å². The van der Waals surface area contributed by atoms with Crippen molar-refractivity contribution in [3.8, 4) is 17.6 Å². The number of aryl methyl sites for hydroxylation is 1. The molecule has 150 valence electrons. The average molecular weight is 397 g/mol. The van der Waals surface area contributed by atoms with Gasteiger partial charge in [0.05, 0.1) is 0 Å². The summed E-state index contributed by atoms with van der Waals surface area (Å²) in [6, 6.07) is 26.6. The number of nitrogens with zero attached hydrogens (tertiary/aromatic N) is 1. The summed E-state index contributed by atoms with van der Waals surface area (Å²) in [5.41, 5.74) is 3.02. The lowest BCUT2D eigenvalue weighted by Crippen LogP contribution is -2.18. The quantitative estimate of drug-likeness (QED) is 0.320. The summed E-state index contributed by atoms with van der Waals surface area (Å²) in [7, 11) is 0. The molecule has 0 atom stereocenters. The van der Waals surface area contributed by atoms with Crippen molar-refractivity contribution in [1.29, 1.82) is 5.26 Å². The van der Waals surface area contributed by atoms with Crippen LogP contribution in [0.25, 0.3) is 0 Å². The van der Waals surface area contributed by atoms with Crippen molar-refractivity contribution in [2.45, 2.75) is 13.3 Å². The minimum Gasteiger partial charge on any atom is -0.457 e. The number of benzene rings is 3. The third-order valence-corrected chi connectivity index (χ3v) is 4.34. The summed E-state index contributed by atoms with van der Waals surface area (Å²) in [5, 5.41) is 15.1. The molecular weight excluding hydrogens is 374 g/mol. The van der Waals surface area contributed by atoms with Crippen LogP contribution in [0.2, 0.25) is 0 Å². The van der Waals surface area contributed by atoms with E-state index in [-0.39, 0.29) is 5.57 Å². The maximum atomic E-state index is 12.4. The molecule has 3 aromatic rings. The molecule has 0 aliphatic rings. The molecule has 5 nitrogen and oxygen atoms in total. The van der Waals surface area contributed by atoms with Gasteiger partial charge in [0, 0.05) is 18.4 Å². The Morgan fingerprint density at radius 3 is 2.43 bits per heavy atom. The summed E-state index contributed by atoms with van der Waals surface area (Å²) in [5.74, 6) is 0.936. The van der Waals surface area contributed by atoms with E-state index in [9.17, 15) is 10.1 Å². The highest BCUT2D eigenvalue weighted by molar-refractivity contribution is 6.06. The first-order chi connectivity index (χ1) is 14.6. The zero-order chi connectivity index (χ0) is 21.2. The smallest absolute Gasteiger partial charge is 0.267 e. The number of carbonyl (C=O) groups is 1. The van der Waals surface area contributed by atoms with Crippen LogP contribution in [0.4, 0.5) is 5.69 Å². The minimum absolute atomic E-state index is 0.0175. The Kier molecular flexibility index (Phi) is 7.23. The van der Waals surface area contributed by atoms with Gasteiger partial charge in [0.2, 0.25) is 0 Å². The highest BCUT2D eigenvalue weighted by Gasteiger charge is 2.09. The van der Waals surface area contributed by atoms with E-state index in [1.807, 2.05) is 42.5 Å². The Balaban J connectivity index is 1.51. The maximum Gasteiger partial charge on any atom is 0.267 e. The lowest BCUT2D eigenvalue weighted by Gasteiger charge is -2.08. The Morgan fingerprint density at radius 2 is 1.73 bits per heavy atom. The highest BCUT2D eigenvalue weighted by Crippen LogP contribution is 2.22. The van der Waals surface area contributed by atoms with E-state index >= 15 is 0 Å². The van der Waals surface area contributed by atoms with Crippen LogP contribution in [-0.4, -0.2) is 12.5 Å². The Hall–Kier alpha value is -4.04. The number of nitrogens with one attached hydrogen (secondary N) is 2. The maximum absolute atomic E-state index is 12.4. The summed E-state index contributed by atoms with van der Waals surface area (Å²) in [6.07, 6.45) is 2.26. The largest absolute Gasteiger partial charge is 0.457 e. The van der Waals surface area contributed by atoms with Gasteiger partial charge in [0.25, 0.3) is 5.91 Å². The normalized spacial score (nSPS) is 10.7. The molecule has 0 radical (unpaired) electrons. The van der Waals surface area contributed by atoms with E-state index in [1.165, 1.54) is 17.3 Å². The first kappa shape index (κ1) is 20.7. The third kappa shape index (κ3) is 6.25. The topological polar surface area (TPSA) is 74.2 Å². The molecule has 0 saturated carbocycles. The molecule has 1 amide bonds. The molecule has 3 rings (SSSR count). The number of amides is 1. The molecule has 0 heterocycles. The standard InChI is InChI=1S/C25H23N3O2/c1-19-6-5-7-20(16-19)14-15-27-18-21(17-26)25(29)28-22-10-12-24(13-11-22)30-23-8-3-2-4-9-23/h2-13,16,18,27H,14-15H2,1H3,(H,28,29)/b21-18-. The fourth-order valence-electron chi connectivity index (χ4n) is 2.84. The van der Waals surface area contributed by atoms with Crippen molar-refractivity contribution >= 4 is 11.6 Å². The van der Waals surface area contributed by atoms with Gasteiger partial charge in [-0.3, -0.25) is 4.79 Å². The van der Waals surface area contributed by atoms with Crippen molar-refractivity contribution in [3.63, 3.8) is 0 Å². The molecule has 0 bridgehead atoms.